The lowest BCUT2D eigenvalue weighted by Gasteiger charge is -2.29. The standard InChI is InChI=1S/C13H18ClNS/c1-10-13(3-2-8-16-10)15-9-11-4-6-12(14)7-5-11/h4-7,10,13,15H,2-3,8-9H2,1H3. The first-order valence-electron chi connectivity index (χ1n) is 5.85. The first kappa shape index (κ1) is 12.3. The summed E-state index contributed by atoms with van der Waals surface area (Å²) in [6, 6.07) is 8.76. The monoisotopic (exact) mass is 255 g/mol. The second-order valence-electron chi connectivity index (χ2n) is 4.33. The third kappa shape index (κ3) is 3.41. The number of rotatable bonds is 3. The number of hydrogen-bond acceptors (Lipinski definition) is 2. The number of nitrogens with one attached hydrogen (secondary N) is 1. The van der Waals surface area contributed by atoms with Crippen molar-refractivity contribution in [2.24, 2.45) is 0 Å². The molecule has 0 bridgehead atoms. The van der Waals surface area contributed by atoms with Crippen LogP contribution in [0.2, 0.25) is 5.02 Å². The van der Waals surface area contributed by atoms with Crippen LogP contribution in [0.25, 0.3) is 0 Å². The molecule has 0 spiro atoms. The molecule has 1 nitrogen and oxygen atoms in total. The minimum Gasteiger partial charge on any atom is -0.309 e. The van der Waals surface area contributed by atoms with Crippen LogP contribution in [0.4, 0.5) is 0 Å². The summed E-state index contributed by atoms with van der Waals surface area (Å²) in [5.41, 5.74) is 1.31. The van der Waals surface area contributed by atoms with Crippen molar-refractivity contribution in [3.63, 3.8) is 0 Å². The first-order valence-corrected chi connectivity index (χ1v) is 7.28. The zero-order chi connectivity index (χ0) is 11.4. The molecule has 1 N–H and O–H groups in total. The van der Waals surface area contributed by atoms with Crippen LogP contribution in [0, 0.1) is 0 Å². The Morgan fingerprint density at radius 3 is 2.81 bits per heavy atom. The van der Waals surface area contributed by atoms with Crippen LogP contribution in [0.5, 0.6) is 0 Å². The molecule has 0 radical (unpaired) electrons. The Bertz CT molecular complexity index is 325. The molecule has 1 heterocycles. The maximum absolute atomic E-state index is 5.86. The van der Waals surface area contributed by atoms with Gasteiger partial charge in [-0.2, -0.15) is 11.8 Å². The van der Waals surface area contributed by atoms with Gasteiger partial charge in [0.1, 0.15) is 0 Å². The van der Waals surface area contributed by atoms with Gasteiger partial charge in [-0.25, -0.2) is 0 Å². The molecule has 2 atom stereocenters. The van der Waals surface area contributed by atoms with Gasteiger partial charge in [0.2, 0.25) is 0 Å². The van der Waals surface area contributed by atoms with E-state index in [1.165, 1.54) is 24.2 Å². The van der Waals surface area contributed by atoms with Gasteiger partial charge in [0.15, 0.2) is 0 Å². The Hall–Kier alpha value is -0.180. The highest BCUT2D eigenvalue weighted by Crippen LogP contribution is 2.25. The van der Waals surface area contributed by atoms with E-state index in [9.17, 15) is 0 Å². The molecule has 2 rings (SSSR count). The first-order chi connectivity index (χ1) is 7.75. The Balaban J connectivity index is 1.84. The Labute approximate surface area is 107 Å². The average molecular weight is 256 g/mol. The lowest BCUT2D eigenvalue weighted by atomic mass is 10.1. The molecule has 1 aliphatic heterocycles. The van der Waals surface area contributed by atoms with Crippen LogP contribution in [0.15, 0.2) is 24.3 Å². The minimum atomic E-state index is 0.662. The Morgan fingerprint density at radius 1 is 1.38 bits per heavy atom. The fourth-order valence-corrected chi connectivity index (χ4v) is 3.34. The molecule has 0 aliphatic carbocycles. The van der Waals surface area contributed by atoms with E-state index >= 15 is 0 Å². The van der Waals surface area contributed by atoms with Crippen LogP contribution < -0.4 is 5.32 Å². The molecule has 1 aliphatic rings. The average Bonchev–Trinajstić information content (AvgIpc) is 2.30. The predicted octanol–water partition coefficient (Wildman–Crippen LogP) is 3.71. The van der Waals surface area contributed by atoms with E-state index in [-0.39, 0.29) is 0 Å². The van der Waals surface area contributed by atoms with Crippen molar-refractivity contribution in [3.8, 4) is 0 Å². The number of thioether (sulfide) groups is 1. The Kier molecular flexibility index (Phi) is 4.56. The van der Waals surface area contributed by atoms with Crippen molar-refractivity contribution in [3.05, 3.63) is 34.9 Å². The van der Waals surface area contributed by atoms with Gasteiger partial charge in [-0.1, -0.05) is 30.7 Å². The molecule has 1 aromatic rings. The van der Waals surface area contributed by atoms with Crippen LogP contribution >= 0.6 is 23.4 Å². The van der Waals surface area contributed by atoms with Gasteiger partial charge in [0.25, 0.3) is 0 Å². The maximum atomic E-state index is 5.86. The van der Waals surface area contributed by atoms with Gasteiger partial charge in [-0.3, -0.25) is 0 Å². The van der Waals surface area contributed by atoms with Crippen molar-refractivity contribution in [1.82, 2.24) is 5.32 Å². The fraction of sp³-hybridized carbons (Fsp3) is 0.538. The summed E-state index contributed by atoms with van der Waals surface area (Å²) in [5.74, 6) is 1.32. The SMILES string of the molecule is CC1SCCCC1NCc1ccc(Cl)cc1. The molecule has 2 unspecified atom stereocenters. The van der Waals surface area contributed by atoms with E-state index in [1.807, 2.05) is 12.1 Å². The number of benzene rings is 1. The zero-order valence-corrected chi connectivity index (χ0v) is 11.2. The van der Waals surface area contributed by atoms with Gasteiger partial charge >= 0.3 is 0 Å². The maximum Gasteiger partial charge on any atom is 0.0406 e. The largest absolute Gasteiger partial charge is 0.309 e. The fourth-order valence-electron chi connectivity index (χ4n) is 2.04. The molecular weight excluding hydrogens is 238 g/mol. The normalized spacial score (nSPS) is 25.6. The van der Waals surface area contributed by atoms with Crippen LogP contribution in [-0.2, 0) is 6.54 Å². The van der Waals surface area contributed by atoms with Gasteiger partial charge in [-0.05, 0) is 36.3 Å². The predicted molar refractivity (Wildman–Crippen MR) is 73.2 cm³/mol. The van der Waals surface area contributed by atoms with Crippen LogP contribution in [0.1, 0.15) is 25.3 Å². The molecule has 88 valence electrons. The highest BCUT2D eigenvalue weighted by atomic mass is 35.5. The van der Waals surface area contributed by atoms with Crippen molar-refractivity contribution >= 4 is 23.4 Å². The van der Waals surface area contributed by atoms with Gasteiger partial charge < -0.3 is 5.32 Å². The van der Waals surface area contributed by atoms with E-state index in [4.69, 9.17) is 11.6 Å². The highest BCUT2D eigenvalue weighted by Gasteiger charge is 2.20. The summed E-state index contributed by atoms with van der Waals surface area (Å²) >= 11 is 7.94. The lowest BCUT2D eigenvalue weighted by molar-refractivity contribution is 0.462. The van der Waals surface area contributed by atoms with Crippen molar-refractivity contribution in [2.45, 2.75) is 37.6 Å². The second kappa shape index (κ2) is 5.95. The van der Waals surface area contributed by atoms with Gasteiger partial charge in [0.05, 0.1) is 0 Å². The summed E-state index contributed by atoms with van der Waals surface area (Å²) in [6.45, 7) is 3.27. The molecule has 1 saturated heterocycles. The summed E-state index contributed by atoms with van der Waals surface area (Å²) < 4.78 is 0. The molecule has 1 fully saturated rings. The van der Waals surface area contributed by atoms with E-state index in [1.54, 1.807) is 0 Å². The smallest absolute Gasteiger partial charge is 0.0406 e. The molecule has 0 aromatic heterocycles. The van der Waals surface area contributed by atoms with E-state index in [0.29, 0.717) is 6.04 Å². The molecule has 0 amide bonds. The number of halogens is 1. The van der Waals surface area contributed by atoms with Crippen molar-refractivity contribution < 1.29 is 0 Å². The third-order valence-electron chi connectivity index (χ3n) is 3.09. The summed E-state index contributed by atoms with van der Waals surface area (Å²) in [6.07, 6.45) is 2.65. The lowest BCUT2D eigenvalue weighted by Crippen LogP contribution is -2.38. The van der Waals surface area contributed by atoms with E-state index in [2.05, 4.69) is 36.1 Å². The van der Waals surface area contributed by atoms with Crippen molar-refractivity contribution in [2.75, 3.05) is 5.75 Å². The topological polar surface area (TPSA) is 12.0 Å². The quantitative estimate of drug-likeness (QED) is 0.884. The third-order valence-corrected chi connectivity index (χ3v) is 4.72. The van der Waals surface area contributed by atoms with E-state index < -0.39 is 0 Å². The number of hydrogen-bond donors (Lipinski definition) is 1. The van der Waals surface area contributed by atoms with Crippen LogP contribution in [-0.4, -0.2) is 17.0 Å². The van der Waals surface area contributed by atoms with Crippen molar-refractivity contribution in [1.29, 1.82) is 0 Å². The second-order valence-corrected chi connectivity index (χ2v) is 6.25. The van der Waals surface area contributed by atoms with E-state index in [0.717, 1.165) is 16.8 Å². The van der Waals surface area contributed by atoms with Crippen LogP contribution in [0.3, 0.4) is 0 Å². The molecular formula is C13H18ClNS. The molecule has 3 heteroatoms. The zero-order valence-electron chi connectivity index (χ0n) is 9.58. The van der Waals surface area contributed by atoms with Gasteiger partial charge in [0, 0.05) is 22.9 Å². The molecule has 0 saturated carbocycles. The highest BCUT2D eigenvalue weighted by molar-refractivity contribution is 7.99. The summed E-state index contributed by atoms with van der Waals surface area (Å²) in [5, 5.41) is 5.19. The summed E-state index contributed by atoms with van der Waals surface area (Å²) in [7, 11) is 0. The summed E-state index contributed by atoms with van der Waals surface area (Å²) in [4.78, 5) is 0. The molecule has 16 heavy (non-hydrogen) atoms. The molecule has 1 aromatic carbocycles. The Morgan fingerprint density at radius 2 is 2.12 bits per heavy atom. The van der Waals surface area contributed by atoms with Gasteiger partial charge in [-0.15, -0.1) is 0 Å². The minimum absolute atomic E-state index is 0.662.